The standard InChI is InChI=1S/C16H25N3O2/c1-11-6-7-19(12(2)8-11)10-14-9-13(16(17)18-20)4-5-15(14)21-3/h4-5,9,11-12,20H,6-8,10H2,1-3H3,(H2,17,18). The zero-order chi connectivity index (χ0) is 15.4. The molecule has 0 amide bonds. The fraction of sp³-hybridized carbons (Fsp3) is 0.562. The van der Waals surface area contributed by atoms with E-state index in [1.807, 2.05) is 12.1 Å². The molecule has 1 fully saturated rings. The van der Waals surface area contributed by atoms with Gasteiger partial charge in [-0.15, -0.1) is 0 Å². The minimum absolute atomic E-state index is 0.124. The molecular formula is C16H25N3O2. The first-order valence-corrected chi connectivity index (χ1v) is 7.44. The Kier molecular flexibility index (Phi) is 5.07. The summed E-state index contributed by atoms with van der Waals surface area (Å²) in [4.78, 5) is 2.47. The summed E-state index contributed by atoms with van der Waals surface area (Å²) < 4.78 is 5.44. The number of nitrogens with two attached hydrogens (primary N) is 1. The number of likely N-dealkylation sites (tertiary alicyclic amines) is 1. The molecule has 5 nitrogen and oxygen atoms in total. The highest BCUT2D eigenvalue weighted by Crippen LogP contribution is 2.27. The van der Waals surface area contributed by atoms with E-state index in [-0.39, 0.29) is 5.84 Å². The molecule has 2 rings (SSSR count). The average Bonchev–Trinajstić information content (AvgIpc) is 2.49. The Morgan fingerprint density at radius 1 is 1.48 bits per heavy atom. The Hall–Kier alpha value is -1.75. The fourth-order valence-corrected chi connectivity index (χ4v) is 3.03. The van der Waals surface area contributed by atoms with Crippen molar-refractivity contribution in [2.45, 2.75) is 39.3 Å². The van der Waals surface area contributed by atoms with Crippen LogP contribution in [0.1, 0.15) is 37.8 Å². The maximum absolute atomic E-state index is 8.82. The molecule has 0 saturated carbocycles. The molecule has 21 heavy (non-hydrogen) atoms. The van der Waals surface area contributed by atoms with Gasteiger partial charge in [0, 0.05) is 23.7 Å². The first-order valence-electron chi connectivity index (χ1n) is 7.44. The van der Waals surface area contributed by atoms with Crippen LogP contribution in [0.2, 0.25) is 0 Å². The van der Waals surface area contributed by atoms with Gasteiger partial charge in [0.05, 0.1) is 7.11 Å². The largest absolute Gasteiger partial charge is 0.496 e. The van der Waals surface area contributed by atoms with E-state index < -0.39 is 0 Å². The molecule has 1 saturated heterocycles. The molecule has 0 radical (unpaired) electrons. The van der Waals surface area contributed by atoms with Gasteiger partial charge in [-0.05, 0) is 50.4 Å². The molecule has 0 aliphatic carbocycles. The summed E-state index contributed by atoms with van der Waals surface area (Å²) >= 11 is 0. The quantitative estimate of drug-likeness (QED) is 0.387. The van der Waals surface area contributed by atoms with Crippen LogP contribution in [-0.2, 0) is 6.54 Å². The molecule has 0 aromatic heterocycles. The molecule has 5 heteroatoms. The number of hydrogen-bond donors (Lipinski definition) is 2. The lowest BCUT2D eigenvalue weighted by Gasteiger charge is -2.36. The van der Waals surface area contributed by atoms with Gasteiger partial charge in [0.2, 0.25) is 0 Å². The molecular weight excluding hydrogens is 266 g/mol. The molecule has 1 aliphatic heterocycles. The SMILES string of the molecule is COc1ccc(/C(N)=N/O)cc1CN1CCC(C)CC1C. The van der Waals surface area contributed by atoms with Gasteiger partial charge in [-0.3, -0.25) is 4.90 Å². The smallest absolute Gasteiger partial charge is 0.170 e. The van der Waals surface area contributed by atoms with Crippen molar-refractivity contribution in [1.82, 2.24) is 4.90 Å². The van der Waals surface area contributed by atoms with Gasteiger partial charge < -0.3 is 15.7 Å². The number of amidine groups is 1. The van der Waals surface area contributed by atoms with E-state index >= 15 is 0 Å². The van der Waals surface area contributed by atoms with E-state index in [0.717, 1.165) is 30.3 Å². The summed E-state index contributed by atoms with van der Waals surface area (Å²) in [6, 6.07) is 6.18. The zero-order valence-corrected chi connectivity index (χ0v) is 13.0. The molecule has 1 aromatic carbocycles. The minimum atomic E-state index is 0.124. The predicted molar refractivity (Wildman–Crippen MR) is 83.8 cm³/mol. The predicted octanol–water partition coefficient (Wildman–Crippen LogP) is 2.41. The van der Waals surface area contributed by atoms with Crippen LogP contribution >= 0.6 is 0 Å². The summed E-state index contributed by atoms with van der Waals surface area (Å²) in [6.07, 6.45) is 2.45. The van der Waals surface area contributed by atoms with Crippen molar-refractivity contribution in [3.05, 3.63) is 29.3 Å². The van der Waals surface area contributed by atoms with Crippen LogP contribution in [0.15, 0.2) is 23.4 Å². The van der Waals surface area contributed by atoms with Crippen molar-refractivity contribution in [3.8, 4) is 5.75 Å². The number of oxime groups is 1. The molecule has 1 heterocycles. The first kappa shape index (κ1) is 15.6. The van der Waals surface area contributed by atoms with E-state index in [4.69, 9.17) is 15.7 Å². The molecule has 3 N–H and O–H groups in total. The van der Waals surface area contributed by atoms with Crippen molar-refractivity contribution in [3.63, 3.8) is 0 Å². The number of hydrogen-bond acceptors (Lipinski definition) is 4. The maximum Gasteiger partial charge on any atom is 0.170 e. The van der Waals surface area contributed by atoms with Crippen molar-refractivity contribution >= 4 is 5.84 Å². The van der Waals surface area contributed by atoms with Gasteiger partial charge in [0.25, 0.3) is 0 Å². The lowest BCUT2D eigenvalue weighted by molar-refractivity contribution is 0.121. The van der Waals surface area contributed by atoms with Gasteiger partial charge >= 0.3 is 0 Å². The number of nitrogens with zero attached hydrogens (tertiary/aromatic N) is 2. The van der Waals surface area contributed by atoms with Gasteiger partial charge in [0.1, 0.15) is 5.75 Å². The van der Waals surface area contributed by atoms with E-state index in [2.05, 4.69) is 23.9 Å². The topological polar surface area (TPSA) is 71.1 Å². The number of methoxy groups -OCH3 is 1. The second-order valence-corrected chi connectivity index (χ2v) is 5.96. The lowest BCUT2D eigenvalue weighted by atomic mass is 9.93. The number of ether oxygens (including phenoxy) is 1. The Morgan fingerprint density at radius 2 is 2.24 bits per heavy atom. The third kappa shape index (κ3) is 3.67. The van der Waals surface area contributed by atoms with Crippen LogP contribution in [0.25, 0.3) is 0 Å². The van der Waals surface area contributed by atoms with Gasteiger partial charge in [0.15, 0.2) is 5.84 Å². The van der Waals surface area contributed by atoms with Crippen LogP contribution in [-0.4, -0.2) is 35.6 Å². The van der Waals surface area contributed by atoms with E-state index in [1.165, 1.54) is 12.8 Å². The zero-order valence-electron chi connectivity index (χ0n) is 13.0. The van der Waals surface area contributed by atoms with Crippen LogP contribution < -0.4 is 10.5 Å². The highest BCUT2D eigenvalue weighted by molar-refractivity contribution is 5.97. The van der Waals surface area contributed by atoms with Crippen LogP contribution in [0.3, 0.4) is 0 Å². The molecule has 116 valence electrons. The summed E-state index contributed by atoms with van der Waals surface area (Å²) in [5, 5.41) is 11.9. The molecule has 0 spiro atoms. The third-order valence-electron chi connectivity index (χ3n) is 4.33. The Bertz CT molecular complexity index is 516. The lowest BCUT2D eigenvalue weighted by Crippen LogP contribution is -2.39. The Morgan fingerprint density at radius 3 is 2.86 bits per heavy atom. The van der Waals surface area contributed by atoms with Crippen molar-refractivity contribution < 1.29 is 9.94 Å². The number of piperidine rings is 1. The Balaban J connectivity index is 2.21. The van der Waals surface area contributed by atoms with Crippen LogP contribution in [0.5, 0.6) is 5.75 Å². The normalized spacial score (nSPS) is 24.0. The molecule has 1 aliphatic rings. The summed E-state index contributed by atoms with van der Waals surface area (Å²) in [5.74, 6) is 1.76. The fourth-order valence-electron chi connectivity index (χ4n) is 3.03. The summed E-state index contributed by atoms with van der Waals surface area (Å²) in [5.41, 5.74) is 7.47. The van der Waals surface area contributed by atoms with Gasteiger partial charge in [-0.25, -0.2) is 0 Å². The molecule has 2 atom stereocenters. The van der Waals surface area contributed by atoms with Crippen LogP contribution in [0.4, 0.5) is 0 Å². The molecule has 2 unspecified atom stereocenters. The summed E-state index contributed by atoms with van der Waals surface area (Å²) in [6.45, 7) is 6.51. The highest BCUT2D eigenvalue weighted by atomic mass is 16.5. The molecule has 1 aromatic rings. The maximum atomic E-state index is 8.82. The number of rotatable bonds is 4. The van der Waals surface area contributed by atoms with E-state index in [0.29, 0.717) is 11.6 Å². The minimum Gasteiger partial charge on any atom is -0.496 e. The third-order valence-corrected chi connectivity index (χ3v) is 4.33. The van der Waals surface area contributed by atoms with Crippen molar-refractivity contribution in [2.75, 3.05) is 13.7 Å². The van der Waals surface area contributed by atoms with Crippen LogP contribution in [0, 0.1) is 5.92 Å². The van der Waals surface area contributed by atoms with Gasteiger partial charge in [-0.2, -0.15) is 0 Å². The summed E-state index contributed by atoms with van der Waals surface area (Å²) in [7, 11) is 1.67. The van der Waals surface area contributed by atoms with Crippen molar-refractivity contribution in [1.29, 1.82) is 0 Å². The average molecular weight is 291 g/mol. The highest BCUT2D eigenvalue weighted by Gasteiger charge is 2.23. The second kappa shape index (κ2) is 6.80. The monoisotopic (exact) mass is 291 g/mol. The van der Waals surface area contributed by atoms with E-state index in [1.54, 1.807) is 13.2 Å². The first-order chi connectivity index (χ1) is 10.0. The molecule has 0 bridgehead atoms. The second-order valence-electron chi connectivity index (χ2n) is 5.96. The Labute approximate surface area is 126 Å². The van der Waals surface area contributed by atoms with E-state index in [9.17, 15) is 0 Å². The number of benzene rings is 1. The van der Waals surface area contributed by atoms with Crippen molar-refractivity contribution in [2.24, 2.45) is 16.8 Å². The van der Waals surface area contributed by atoms with Gasteiger partial charge in [-0.1, -0.05) is 12.1 Å².